The highest BCUT2D eigenvalue weighted by Gasteiger charge is 2.11. The first kappa shape index (κ1) is 16.0. The first-order valence-electron chi connectivity index (χ1n) is 6.43. The van der Waals surface area contributed by atoms with Crippen LogP contribution in [0.1, 0.15) is 0 Å². The highest BCUT2D eigenvalue weighted by atomic mass is 35.5. The minimum absolute atomic E-state index is 0.171. The third-order valence-electron chi connectivity index (χ3n) is 2.67. The molecule has 2 N–H and O–H groups in total. The van der Waals surface area contributed by atoms with Gasteiger partial charge in [-0.15, -0.1) is 0 Å². The van der Waals surface area contributed by atoms with Crippen molar-refractivity contribution in [2.75, 3.05) is 18.5 Å². The molecule has 0 heterocycles. The molecule has 0 bridgehead atoms. The third-order valence-corrected chi connectivity index (χ3v) is 2.92. The van der Waals surface area contributed by atoms with Crippen molar-refractivity contribution in [1.82, 2.24) is 5.32 Å². The predicted molar refractivity (Wildman–Crippen MR) is 80.3 cm³/mol. The molecule has 2 amide bonds. The fraction of sp³-hybridized carbons (Fsp3) is 0.133. The Morgan fingerprint density at radius 1 is 1.09 bits per heavy atom. The fourth-order valence-electron chi connectivity index (χ4n) is 1.64. The summed E-state index contributed by atoms with van der Waals surface area (Å²) in [5.41, 5.74) is -0.487. The summed E-state index contributed by atoms with van der Waals surface area (Å²) in [5, 5.41) is 5.14. The van der Waals surface area contributed by atoms with Crippen LogP contribution in [0, 0.1) is 11.6 Å². The van der Waals surface area contributed by atoms with Gasteiger partial charge in [0.05, 0.1) is 6.54 Å². The van der Waals surface area contributed by atoms with Crippen molar-refractivity contribution >= 4 is 23.3 Å². The SMILES string of the molecule is O=C(NCCOc1ccc(Cl)cc1)Nc1c(F)cccc1F. The minimum Gasteiger partial charge on any atom is -0.492 e. The lowest BCUT2D eigenvalue weighted by Crippen LogP contribution is -2.32. The number of para-hydroxylation sites is 1. The highest BCUT2D eigenvalue weighted by molar-refractivity contribution is 6.30. The summed E-state index contributed by atoms with van der Waals surface area (Å²) in [5.74, 6) is -1.08. The zero-order valence-electron chi connectivity index (χ0n) is 11.4. The first-order chi connectivity index (χ1) is 10.6. The molecule has 7 heteroatoms. The second-order valence-electron chi connectivity index (χ2n) is 4.28. The molecule has 0 radical (unpaired) electrons. The number of hydrogen-bond donors (Lipinski definition) is 2. The van der Waals surface area contributed by atoms with Crippen molar-refractivity contribution in [1.29, 1.82) is 0 Å². The average molecular weight is 327 g/mol. The average Bonchev–Trinajstić information content (AvgIpc) is 2.49. The number of ether oxygens (including phenoxy) is 1. The van der Waals surface area contributed by atoms with Gasteiger partial charge in [-0.3, -0.25) is 0 Å². The van der Waals surface area contributed by atoms with E-state index in [0.29, 0.717) is 10.8 Å². The topological polar surface area (TPSA) is 50.4 Å². The molecule has 0 unspecified atom stereocenters. The van der Waals surface area contributed by atoms with Crippen LogP contribution in [-0.2, 0) is 0 Å². The van der Waals surface area contributed by atoms with E-state index in [1.165, 1.54) is 6.07 Å². The molecule has 0 spiro atoms. The number of urea groups is 1. The van der Waals surface area contributed by atoms with Crippen LogP contribution in [0.15, 0.2) is 42.5 Å². The van der Waals surface area contributed by atoms with Crippen molar-refractivity contribution in [2.45, 2.75) is 0 Å². The molecule has 2 rings (SSSR count). The monoisotopic (exact) mass is 326 g/mol. The lowest BCUT2D eigenvalue weighted by Gasteiger charge is -2.10. The van der Waals surface area contributed by atoms with Gasteiger partial charge in [0.1, 0.15) is 29.7 Å². The minimum atomic E-state index is -0.840. The molecular weight excluding hydrogens is 314 g/mol. The highest BCUT2D eigenvalue weighted by Crippen LogP contribution is 2.17. The van der Waals surface area contributed by atoms with Crippen molar-refractivity contribution < 1.29 is 18.3 Å². The summed E-state index contributed by atoms with van der Waals surface area (Å²) in [6.45, 7) is 0.374. The van der Waals surface area contributed by atoms with Gasteiger partial charge < -0.3 is 15.4 Å². The van der Waals surface area contributed by atoms with Gasteiger partial charge in [0.2, 0.25) is 0 Å². The van der Waals surface area contributed by atoms with E-state index in [4.69, 9.17) is 16.3 Å². The van der Waals surface area contributed by atoms with Gasteiger partial charge in [-0.05, 0) is 36.4 Å². The van der Waals surface area contributed by atoms with Gasteiger partial charge in [0.15, 0.2) is 0 Å². The Hall–Kier alpha value is -2.34. The van der Waals surface area contributed by atoms with E-state index < -0.39 is 23.4 Å². The fourth-order valence-corrected chi connectivity index (χ4v) is 1.77. The molecule has 116 valence electrons. The number of hydrogen-bond acceptors (Lipinski definition) is 2. The molecule has 0 fully saturated rings. The molecule has 0 aliphatic rings. The Balaban J connectivity index is 1.75. The molecule has 0 aliphatic heterocycles. The van der Waals surface area contributed by atoms with Crippen LogP contribution in [0.25, 0.3) is 0 Å². The zero-order valence-corrected chi connectivity index (χ0v) is 12.2. The van der Waals surface area contributed by atoms with E-state index in [2.05, 4.69) is 10.6 Å². The van der Waals surface area contributed by atoms with Crippen LogP contribution < -0.4 is 15.4 Å². The van der Waals surface area contributed by atoms with Gasteiger partial charge in [0, 0.05) is 5.02 Å². The quantitative estimate of drug-likeness (QED) is 0.821. The van der Waals surface area contributed by atoms with E-state index in [0.717, 1.165) is 12.1 Å². The number of carbonyl (C=O) groups excluding carboxylic acids is 1. The molecule has 22 heavy (non-hydrogen) atoms. The Morgan fingerprint density at radius 2 is 1.73 bits per heavy atom. The number of carbonyl (C=O) groups is 1. The summed E-state index contributed by atoms with van der Waals surface area (Å²) < 4.78 is 32.0. The molecular formula is C15H13ClF2N2O2. The normalized spacial score (nSPS) is 10.1. The number of rotatable bonds is 5. The van der Waals surface area contributed by atoms with Gasteiger partial charge in [-0.2, -0.15) is 0 Å². The standard InChI is InChI=1S/C15H13ClF2N2O2/c16-10-4-6-11(7-5-10)22-9-8-19-15(21)20-14-12(17)2-1-3-13(14)18/h1-7H,8-9H2,(H2,19,20,21). The van der Waals surface area contributed by atoms with E-state index in [9.17, 15) is 13.6 Å². The third kappa shape index (κ3) is 4.60. The van der Waals surface area contributed by atoms with Crippen molar-refractivity contribution in [3.8, 4) is 5.75 Å². The Morgan fingerprint density at radius 3 is 2.36 bits per heavy atom. The van der Waals surface area contributed by atoms with E-state index in [1.54, 1.807) is 24.3 Å². The van der Waals surface area contributed by atoms with Gasteiger partial charge in [0.25, 0.3) is 0 Å². The van der Waals surface area contributed by atoms with Crippen molar-refractivity contribution in [3.63, 3.8) is 0 Å². The van der Waals surface area contributed by atoms with Gasteiger partial charge >= 0.3 is 6.03 Å². The molecule has 4 nitrogen and oxygen atoms in total. The van der Waals surface area contributed by atoms with E-state index in [-0.39, 0.29) is 13.2 Å². The molecule has 2 aromatic rings. The second kappa shape index (κ2) is 7.61. The second-order valence-corrected chi connectivity index (χ2v) is 4.72. The molecule has 0 aliphatic carbocycles. The molecule has 0 atom stereocenters. The molecule has 2 aromatic carbocycles. The first-order valence-corrected chi connectivity index (χ1v) is 6.81. The van der Waals surface area contributed by atoms with Gasteiger partial charge in [-0.1, -0.05) is 17.7 Å². The van der Waals surface area contributed by atoms with Crippen LogP contribution in [-0.4, -0.2) is 19.2 Å². The van der Waals surface area contributed by atoms with Gasteiger partial charge in [-0.25, -0.2) is 13.6 Å². The van der Waals surface area contributed by atoms with E-state index in [1.807, 2.05) is 0 Å². The predicted octanol–water partition coefficient (Wildman–Crippen LogP) is 3.82. The largest absolute Gasteiger partial charge is 0.492 e. The summed E-state index contributed by atoms with van der Waals surface area (Å²) in [4.78, 5) is 11.5. The lowest BCUT2D eigenvalue weighted by atomic mass is 10.3. The lowest BCUT2D eigenvalue weighted by molar-refractivity contribution is 0.247. The Bertz CT molecular complexity index is 630. The summed E-state index contributed by atoms with van der Waals surface area (Å²) in [7, 11) is 0. The maximum atomic E-state index is 13.3. The number of amides is 2. The van der Waals surface area contributed by atoms with Crippen LogP contribution in [0.2, 0.25) is 5.02 Å². The van der Waals surface area contributed by atoms with Crippen molar-refractivity contribution in [2.24, 2.45) is 0 Å². The molecule has 0 aromatic heterocycles. The van der Waals surface area contributed by atoms with Crippen LogP contribution in [0.3, 0.4) is 0 Å². The van der Waals surface area contributed by atoms with Crippen molar-refractivity contribution in [3.05, 3.63) is 59.1 Å². The number of anilines is 1. The molecule has 0 saturated heterocycles. The Labute approximate surface area is 131 Å². The maximum absolute atomic E-state index is 13.3. The summed E-state index contributed by atoms with van der Waals surface area (Å²) >= 11 is 5.74. The zero-order chi connectivity index (χ0) is 15.9. The van der Waals surface area contributed by atoms with E-state index >= 15 is 0 Å². The number of halogens is 3. The summed E-state index contributed by atoms with van der Waals surface area (Å²) in [6, 6.07) is 9.35. The van der Waals surface area contributed by atoms with Crippen LogP contribution >= 0.6 is 11.6 Å². The maximum Gasteiger partial charge on any atom is 0.319 e. The Kier molecular flexibility index (Phi) is 5.55. The summed E-state index contributed by atoms with van der Waals surface area (Å²) in [6.07, 6.45) is 0. The number of benzene rings is 2. The smallest absolute Gasteiger partial charge is 0.319 e. The van der Waals surface area contributed by atoms with Crippen LogP contribution in [0.5, 0.6) is 5.75 Å². The number of nitrogens with one attached hydrogen (secondary N) is 2. The van der Waals surface area contributed by atoms with Crippen LogP contribution in [0.4, 0.5) is 19.3 Å². The molecule has 0 saturated carbocycles.